The van der Waals surface area contributed by atoms with Crippen molar-refractivity contribution in [3.05, 3.63) is 68.6 Å². The van der Waals surface area contributed by atoms with Gasteiger partial charge in [-0.3, -0.25) is 14.6 Å². The molecular formula is C23H20Cl3N3O4. The van der Waals surface area contributed by atoms with Gasteiger partial charge in [0.05, 0.1) is 21.0 Å². The molecule has 33 heavy (non-hydrogen) atoms. The number of Topliss-reactive ketones (excluding diaryl/α,β-unsaturated/α-hetero) is 1. The molecule has 0 aliphatic heterocycles. The molecule has 0 saturated heterocycles. The third kappa shape index (κ3) is 4.45. The van der Waals surface area contributed by atoms with Gasteiger partial charge in [0.15, 0.2) is 5.78 Å². The summed E-state index contributed by atoms with van der Waals surface area (Å²) in [6, 6.07) is 5.81. The molecule has 0 bridgehead atoms. The number of hydrogen-bond acceptors (Lipinski definition) is 5. The van der Waals surface area contributed by atoms with E-state index in [-0.39, 0.29) is 32.8 Å². The smallest absolute Gasteiger partial charge is 0.326 e. The Bertz CT molecular complexity index is 1140. The number of aliphatic carboxylic acids is 1. The van der Waals surface area contributed by atoms with Crippen LogP contribution in [-0.2, 0) is 16.0 Å². The lowest BCUT2D eigenvalue weighted by molar-refractivity contribution is -0.139. The Morgan fingerprint density at radius 3 is 2.24 bits per heavy atom. The Hall–Kier alpha value is -2.61. The molecule has 0 radical (unpaired) electrons. The van der Waals surface area contributed by atoms with Gasteiger partial charge in [-0.25, -0.2) is 4.79 Å². The number of amides is 1. The van der Waals surface area contributed by atoms with Crippen molar-refractivity contribution in [2.24, 2.45) is 5.41 Å². The van der Waals surface area contributed by atoms with Gasteiger partial charge in [-0.2, -0.15) is 0 Å². The number of carbonyl (C=O) groups excluding carboxylic acids is 2. The quantitative estimate of drug-likeness (QED) is 0.495. The van der Waals surface area contributed by atoms with E-state index in [9.17, 15) is 19.5 Å². The van der Waals surface area contributed by atoms with Gasteiger partial charge in [0.2, 0.25) is 0 Å². The number of benzene rings is 1. The summed E-state index contributed by atoms with van der Waals surface area (Å²) < 4.78 is 0. The highest BCUT2D eigenvalue weighted by Gasteiger charge is 2.55. The van der Waals surface area contributed by atoms with E-state index >= 15 is 0 Å². The Kier molecular flexibility index (Phi) is 6.66. The molecule has 2 aromatic rings. The van der Waals surface area contributed by atoms with Crippen molar-refractivity contribution < 1.29 is 19.5 Å². The van der Waals surface area contributed by atoms with Crippen molar-refractivity contribution >= 4 is 58.1 Å². The second-order valence-corrected chi connectivity index (χ2v) is 9.37. The highest BCUT2D eigenvalue weighted by Crippen LogP contribution is 2.54. The fourth-order valence-corrected chi connectivity index (χ4v) is 5.35. The minimum atomic E-state index is -1.04. The molecule has 2 aliphatic carbocycles. The number of nitrogens with zero attached hydrogens (tertiary/aromatic N) is 1. The molecule has 0 unspecified atom stereocenters. The summed E-state index contributed by atoms with van der Waals surface area (Å²) >= 11 is 18.2. The number of carboxylic acids is 1. The molecule has 1 spiro atoms. The van der Waals surface area contributed by atoms with Gasteiger partial charge in [-0.1, -0.05) is 59.8 Å². The largest absolute Gasteiger partial charge is 0.480 e. The number of halogens is 3. The zero-order chi connectivity index (χ0) is 23.8. The van der Waals surface area contributed by atoms with Gasteiger partial charge in [-0.15, -0.1) is 0 Å². The van der Waals surface area contributed by atoms with E-state index in [2.05, 4.69) is 15.6 Å². The van der Waals surface area contributed by atoms with Crippen LogP contribution in [0.2, 0.25) is 10.0 Å². The minimum Gasteiger partial charge on any atom is -0.480 e. The van der Waals surface area contributed by atoms with E-state index in [1.807, 2.05) is 0 Å². The predicted molar refractivity (Wildman–Crippen MR) is 126 cm³/mol. The summed E-state index contributed by atoms with van der Waals surface area (Å²) in [4.78, 5) is 40.6. The predicted octanol–water partition coefficient (Wildman–Crippen LogP) is 4.82. The average Bonchev–Trinajstić information content (AvgIpc) is 3.29. The van der Waals surface area contributed by atoms with Gasteiger partial charge >= 0.3 is 5.97 Å². The SMILES string of the molecule is O=C(Nc1ccc(C[C@H](NC2=C(Cl)C(=O)C23CCCC3)C(=O)O)cc1)c1c(Cl)cncc1Cl. The van der Waals surface area contributed by atoms with Crippen LogP contribution in [0.4, 0.5) is 5.69 Å². The number of nitrogens with one attached hydrogen (secondary N) is 2. The average molecular weight is 509 g/mol. The third-order valence-electron chi connectivity index (χ3n) is 6.14. The second-order valence-electron chi connectivity index (χ2n) is 8.18. The van der Waals surface area contributed by atoms with Crippen LogP contribution in [-0.4, -0.2) is 33.8 Å². The van der Waals surface area contributed by atoms with Crippen LogP contribution >= 0.6 is 34.8 Å². The van der Waals surface area contributed by atoms with E-state index in [4.69, 9.17) is 34.8 Å². The highest BCUT2D eigenvalue weighted by atomic mass is 35.5. The standard InChI is InChI=1S/C23H20Cl3N3O4/c24-14-10-27-11-15(25)17(14)21(31)28-13-5-3-12(4-6-13)9-16(22(32)33)29-19-18(26)20(30)23(19)7-1-2-8-23/h3-6,10-11,16,29H,1-2,7-9H2,(H,28,31)(H,32,33)/t16-/m0/s1. The molecule has 1 aromatic carbocycles. The number of pyridine rings is 1. The van der Waals surface area contributed by atoms with Crippen LogP contribution in [0, 0.1) is 5.41 Å². The Morgan fingerprint density at radius 2 is 1.67 bits per heavy atom. The lowest BCUT2D eigenvalue weighted by Crippen LogP contribution is -2.51. The number of aromatic nitrogens is 1. The molecule has 1 atom stereocenters. The monoisotopic (exact) mass is 507 g/mol. The molecule has 3 N–H and O–H groups in total. The van der Waals surface area contributed by atoms with Gasteiger partial charge in [-0.05, 0) is 30.5 Å². The number of hydrogen-bond donors (Lipinski definition) is 3. The Labute approximate surface area is 205 Å². The topological polar surface area (TPSA) is 108 Å². The van der Waals surface area contributed by atoms with Gasteiger partial charge in [0.25, 0.3) is 5.91 Å². The van der Waals surface area contributed by atoms with Crippen molar-refractivity contribution in [3.8, 4) is 0 Å². The molecule has 10 heteroatoms. The number of allylic oxidation sites excluding steroid dienone is 2. The Morgan fingerprint density at radius 1 is 1.06 bits per heavy atom. The van der Waals surface area contributed by atoms with Crippen LogP contribution < -0.4 is 10.6 Å². The first kappa shape index (κ1) is 23.5. The number of carboxylic acid groups (broad SMARTS) is 1. The van der Waals surface area contributed by atoms with Crippen LogP contribution in [0.1, 0.15) is 41.6 Å². The van der Waals surface area contributed by atoms with E-state index in [1.54, 1.807) is 24.3 Å². The molecule has 1 saturated carbocycles. The first-order valence-corrected chi connectivity index (χ1v) is 11.5. The lowest BCUT2D eigenvalue weighted by Gasteiger charge is -2.40. The molecule has 172 valence electrons. The summed E-state index contributed by atoms with van der Waals surface area (Å²) in [6.07, 6.45) is 6.05. The summed E-state index contributed by atoms with van der Waals surface area (Å²) in [6.45, 7) is 0. The fraction of sp³-hybridized carbons (Fsp3) is 0.304. The van der Waals surface area contributed by atoms with E-state index < -0.39 is 23.3 Å². The summed E-state index contributed by atoms with van der Waals surface area (Å²) in [5, 5.41) is 15.8. The van der Waals surface area contributed by atoms with Gasteiger partial charge in [0.1, 0.15) is 11.1 Å². The van der Waals surface area contributed by atoms with Crippen LogP contribution in [0.5, 0.6) is 0 Å². The zero-order valence-corrected chi connectivity index (χ0v) is 19.6. The number of ketones is 1. The maximum absolute atomic E-state index is 12.5. The normalized spacial score (nSPS) is 17.6. The molecule has 2 aliphatic rings. The molecule has 4 rings (SSSR count). The second kappa shape index (κ2) is 9.33. The van der Waals surface area contributed by atoms with Crippen molar-refractivity contribution in [1.29, 1.82) is 0 Å². The van der Waals surface area contributed by atoms with E-state index in [0.717, 1.165) is 18.4 Å². The molecular weight excluding hydrogens is 489 g/mol. The van der Waals surface area contributed by atoms with Crippen molar-refractivity contribution in [2.75, 3.05) is 5.32 Å². The van der Waals surface area contributed by atoms with Crippen molar-refractivity contribution in [1.82, 2.24) is 10.3 Å². The van der Waals surface area contributed by atoms with Crippen LogP contribution in [0.15, 0.2) is 47.4 Å². The summed E-state index contributed by atoms with van der Waals surface area (Å²) in [5.41, 5.74) is 1.25. The highest BCUT2D eigenvalue weighted by molar-refractivity contribution is 6.47. The first-order valence-electron chi connectivity index (χ1n) is 10.4. The summed E-state index contributed by atoms with van der Waals surface area (Å²) in [7, 11) is 0. The van der Waals surface area contributed by atoms with Crippen LogP contribution in [0.3, 0.4) is 0 Å². The van der Waals surface area contributed by atoms with Crippen molar-refractivity contribution in [2.45, 2.75) is 38.1 Å². The maximum atomic E-state index is 12.5. The molecule has 1 aromatic heterocycles. The number of rotatable bonds is 7. The molecule has 7 nitrogen and oxygen atoms in total. The Balaban J connectivity index is 1.44. The molecule has 1 fully saturated rings. The molecule has 1 amide bonds. The van der Waals surface area contributed by atoms with Gasteiger partial charge in [0, 0.05) is 30.2 Å². The lowest BCUT2D eigenvalue weighted by atomic mass is 9.69. The third-order valence-corrected chi connectivity index (χ3v) is 7.07. The van der Waals surface area contributed by atoms with Crippen LogP contribution in [0.25, 0.3) is 0 Å². The van der Waals surface area contributed by atoms with Gasteiger partial charge < -0.3 is 15.7 Å². The first-order chi connectivity index (χ1) is 15.7. The fourth-order valence-electron chi connectivity index (χ4n) is 4.40. The minimum absolute atomic E-state index is 0.0946. The maximum Gasteiger partial charge on any atom is 0.326 e. The summed E-state index contributed by atoms with van der Waals surface area (Å²) in [5.74, 6) is -1.62. The number of anilines is 1. The zero-order valence-electron chi connectivity index (χ0n) is 17.3. The number of carbonyl (C=O) groups is 3. The van der Waals surface area contributed by atoms with E-state index in [0.29, 0.717) is 24.2 Å². The van der Waals surface area contributed by atoms with Crippen molar-refractivity contribution in [3.63, 3.8) is 0 Å². The van der Waals surface area contributed by atoms with E-state index in [1.165, 1.54) is 12.4 Å². The molecule has 1 heterocycles.